The molecular formula is C16H15NO5. The zero-order chi connectivity index (χ0) is 16.1. The molecule has 0 aliphatic carbocycles. The Morgan fingerprint density at radius 2 is 1.82 bits per heavy atom. The lowest BCUT2D eigenvalue weighted by Crippen LogP contribution is -2.00. The second-order valence-electron chi connectivity index (χ2n) is 4.63. The molecular weight excluding hydrogens is 286 g/mol. The maximum absolute atomic E-state index is 11.3. The number of benzene rings is 2. The number of ether oxygens (including phenoxy) is 2. The number of carbonyl (C=O) groups is 1. The summed E-state index contributed by atoms with van der Waals surface area (Å²) in [6.07, 6.45) is 0. The van der Waals surface area contributed by atoms with E-state index < -0.39 is 4.92 Å². The molecule has 0 radical (unpaired) electrons. The summed E-state index contributed by atoms with van der Waals surface area (Å²) >= 11 is 0. The van der Waals surface area contributed by atoms with Crippen LogP contribution in [-0.2, 0) is 6.61 Å². The molecule has 0 aromatic heterocycles. The maximum atomic E-state index is 11.3. The van der Waals surface area contributed by atoms with Crippen LogP contribution in [0.15, 0.2) is 42.5 Å². The van der Waals surface area contributed by atoms with Crippen molar-refractivity contribution in [3.63, 3.8) is 0 Å². The van der Waals surface area contributed by atoms with Crippen LogP contribution in [0.3, 0.4) is 0 Å². The normalized spacial score (nSPS) is 10.1. The van der Waals surface area contributed by atoms with Crippen molar-refractivity contribution in [2.45, 2.75) is 13.5 Å². The van der Waals surface area contributed by atoms with E-state index in [1.807, 2.05) is 0 Å². The first-order valence-electron chi connectivity index (χ1n) is 6.56. The van der Waals surface area contributed by atoms with Gasteiger partial charge >= 0.3 is 0 Å². The molecule has 0 unspecified atom stereocenters. The van der Waals surface area contributed by atoms with E-state index in [0.29, 0.717) is 17.1 Å². The van der Waals surface area contributed by atoms with E-state index in [9.17, 15) is 14.9 Å². The lowest BCUT2D eigenvalue weighted by atomic mass is 10.1. The first-order valence-corrected chi connectivity index (χ1v) is 6.56. The predicted molar refractivity (Wildman–Crippen MR) is 80.4 cm³/mol. The minimum atomic E-state index is -0.450. The fourth-order valence-electron chi connectivity index (χ4n) is 1.88. The number of ketones is 1. The third kappa shape index (κ3) is 3.60. The fraction of sp³-hybridized carbons (Fsp3) is 0.188. The highest BCUT2D eigenvalue weighted by Gasteiger charge is 2.09. The van der Waals surface area contributed by atoms with Crippen LogP contribution < -0.4 is 9.47 Å². The number of hydrogen-bond donors (Lipinski definition) is 0. The van der Waals surface area contributed by atoms with Crippen molar-refractivity contribution in [3.05, 3.63) is 63.7 Å². The Balaban J connectivity index is 2.10. The highest BCUT2D eigenvalue weighted by Crippen LogP contribution is 2.29. The Bertz CT molecular complexity index is 694. The summed E-state index contributed by atoms with van der Waals surface area (Å²) in [5.74, 6) is 0.917. The number of rotatable bonds is 6. The lowest BCUT2D eigenvalue weighted by Gasteiger charge is -2.11. The van der Waals surface area contributed by atoms with Gasteiger partial charge in [0.25, 0.3) is 5.69 Å². The molecule has 2 rings (SSSR count). The third-order valence-electron chi connectivity index (χ3n) is 3.11. The van der Waals surface area contributed by atoms with Gasteiger partial charge in [0, 0.05) is 17.7 Å². The van der Waals surface area contributed by atoms with Crippen LogP contribution in [0, 0.1) is 10.1 Å². The lowest BCUT2D eigenvalue weighted by molar-refractivity contribution is -0.384. The highest BCUT2D eigenvalue weighted by atomic mass is 16.6. The summed E-state index contributed by atoms with van der Waals surface area (Å²) in [6.45, 7) is 1.72. The second kappa shape index (κ2) is 6.71. The maximum Gasteiger partial charge on any atom is 0.269 e. The van der Waals surface area contributed by atoms with Gasteiger partial charge in [0.15, 0.2) is 17.3 Å². The summed E-state index contributed by atoms with van der Waals surface area (Å²) < 4.78 is 10.9. The molecule has 0 aliphatic heterocycles. The third-order valence-corrected chi connectivity index (χ3v) is 3.11. The average molecular weight is 301 g/mol. The van der Waals surface area contributed by atoms with Gasteiger partial charge in [0.1, 0.15) is 6.61 Å². The zero-order valence-corrected chi connectivity index (χ0v) is 12.2. The average Bonchev–Trinajstić information content (AvgIpc) is 2.52. The van der Waals surface area contributed by atoms with Crippen LogP contribution >= 0.6 is 0 Å². The minimum Gasteiger partial charge on any atom is -0.493 e. The predicted octanol–water partition coefficient (Wildman–Crippen LogP) is 3.39. The monoisotopic (exact) mass is 301 g/mol. The van der Waals surface area contributed by atoms with Gasteiger partial charge in [-0.2, -0.15) is 0 Å². The van der Waals surface area contributed by atoms with Crippen molar-refractivity contribution in [2.75, 3.05) is 7.11 Å². The van der Waals surface area contributed by atoms with Gasteiger partial charge in [-0.15, -0.1) is 0 Å². The van der Waals surface area contributed by atoms with Gasteiger partial charge in [-0.1, -0.05) is 0 Å². The van der Waals surface area contributed by atoms with Crippen LogP contribution in [0.25, 0.3) is 0 Å². The van der Waals surface area contributed by atoms with Gasteiger partial charge < -0.3 is 9.47 Å². The SMILES string of the molecule is COc1cc(C(C)=O)ccc1OCc1ccc([N+](=O)[O-])cc1. The minimum absolute atomic E-state index is 0.0344. The molecule has 6 nitrogen and oxygen atoms in total. The van der Waals surface area contributed by atoms with Crippen LogP contribution in [0.1, 0.15) is 22.8 Å². The van der Waals surface area contributed by atoms with Crippen molar-refractivity contribution >= 4 is 11.5 Å². The van der Waals surface area contributed by atoms with E-state index in [0.717, 1.165) is 5.56 Å². The van der Waals surface area contributed by atoms with Crippen molar-refractivity contribution in [1.29, 1.82) is 0 Å². The first kappa shape index (κ1) is 15.5. The van der Waals surface area contributed by atoms with E-state index in [1.54, 1.807) is 30.3 Å². The number of nitro groups is 1. The number of methoxy groups -OCH3 is 1. The molecule has 0 atom stereocenters. The summed E-state index contributed by atoms with van der Waals surface area (Å²) in [4.78, 5) is 21.5. The van der Waals surface area contributed by atoms with E-state index in [2.05, 4.69) is 0 Å². The van der Waals surface area contributed by atoms with Gasteiger partial charge in [-0.05, 0) is 42.8 Å². The number of nitro benzene ring substituents is 1. The summed E-state index contributed by atoms with van der Waals surface area (Å²) in [6, 6.07) is 11.1. The zero-order valence-electron chi connectivity index (χ0n) is 12.2. The summed E-state index contributed by atoms with van der Waals surface area (Å²) in [5.41, 5.74) is 1.37. The standard InChI is InChI=1S/C16H15NO5/c1-11(18)13-5-8-15(16(9-13)21-2)22-10-12-3-6-14(7-4-12)17(19)20/h3-9H,10H2,1-2H3. The molecule has 2 aromatic rings. The van der Waals surface area contributed by atoms with Crippen LogP contribution in [0.4, 0.5) is 5.69 Å². The number of nitrogens with zero attached hydrogens (tertiary/aromatic N) is 1. The van der Waals surface area contributed by atoms with E-state index >= 15 is 0 Å². The molecule has 0 bridgehead atoms. The van der Waals surface area contributed by atoms with E-state index in [-0.39, 0.29) is 18.1 Å². The molecule has 0 amide bonds. The molecule has 0 saturated heterocycles. The fourth-order valence-corrected chi connectivity index (χ4v) is 1.88. The molecule has 22 heavy (non-hydrogen) atoms. The smallest absolute Gasteiger partial charge is 0.269 e. The number of non-ortho nitro benzene ring substituents is 1. The van der Waals surface area contributed by atoms with Crippen molar-refractivity contribution in [3.8, 4) is 11.5 Å². The Labute approximate surface area is 127 Å². The highest BCUT2D eigenvalue weighted by molar-refractivity contribution is 5.94. The molecule has 0 aliphatic rings. The van der Waals surface area contributed by atoms with Gasteiger partial charge in [-0.3, -0.25) is 14.9 Å². The summed E-state index contributed by atoms with van der Waals surface area (Å²) in [7, 11) is 1.50. The molecule has 2 aromatic carbocycles. The van der Waals surface area contributed by atoms with Gasteiger partial charge in [0.05, 0.1) is 12.0 Å². The first-order chi connectivity index (χ1) is 10.5. The van der Waals surface area contributed by atoms with Crippen LogP contribution in [0.2, 0.25) is 0 Å². The Kier molecular flexibility index (Phi) is 4.73. The van der Waals surface area contributed by atoms with Crippen molar-refractivity contribution in [2.24, 2.45) is 0 Å². The second-order valence-corrected chi connectivity index (χ2v) is 4.63. The molecule has 0 heterocycles. The number of hydrogen-bond acceptors (Lipinski definition) is 5. The van der Waals surface area contributed by atoms with Crippen molar-refractivity contribution in [1.82, 2.24) is 0 Å². The Morgan fingerprint density at radius 1 is 1.14 bits per heavy atom. The summed E-state index contributed by atoms with van der Waals surface area (Å²) in [5, 5.41) is 10.6. The molecule has 0 fully saturated rings. The van der Waals surface area contributed by atoms with Crippen molar-refractivity contribution < 1.29 is 19.2 Å². The largest absolute Gasteiger partial charge is 0.493 e. The van der Waals surface area contributed by atoms with Gasteiger partial charge in [0.2, 0.25) is 0 Å². The number of Topliss-reactive ketones (excluding diaryl/α,β-unsaturated/α-hetero) is 1. The molecule has 114 valence electrons. The molecule has 6 heteroatoms. The van der Waals surface area contributed by atoms with Crippen LogP contribution in [-0.4, -0.2) is 17.8 Å². The molecule has 0 saturated carbocycles. The topological polar surface area (TPSA) is 78.7 Å². The van der Waals surface area contributed by atoms with Gasteiger partial charge in [-0.25, -0.2) is 0 Å². The molecule has 0 spiro atoms. The number of carbonyl (C=O) groups excluding carboxylic acids is 1. The molecule has 0 N–H and O–H groups in total. The van der Waals surface area contributed by atoms with E-state index in [4.69, 9.17) is 9.47 Å². The van der Waals surface area contributed by atoms with E-state index in [1.165, 1.54) is 26.2 Å². The quantitative estimate of drug-likeness (QED) is 0.464. The Morgan fingerprint density at radius 3 is 2.36 bits per heavy atom. The van der Waals surface area contributed by atoms with Crippen LogP contribution in [0.5, 0.6) is 11.5 Å². The Hall–Kier alpha value is -2.89.